The van der Waals surface area contributed by atoms with Gasteiger partial charge in [-0.05, 0) is 60.2 Å². The van der Waals surface area contributed by atoms with Crippen LogP contribution in [0.15, 0.2) is 0 Å². The second-order valence-corrected chi connectivity index (χ2v) is 14.0. The molecule has 4 amide bonds. The number of amides is 4. The quantitative estimate of drug-likeness (QED) is 0.269. The van der Waals surface area contributed by atoms with Gasteiger partial charge in [0.25, 0.3) is 0 Å². The largest absolute Gasteiger partial charge is 0.418 e. The number of nitrogens with one attached hydrogen (secondary N) is 2. The molecule has 6 saturated carbocycles. The summed E-state index contributed by atoms with van der Waals surface area (Å²) in [5.74, 6) is -16.5. The lowest BCUT2D eigenvalue weighted by molar-refractivity contribution is -0.329. The van der Waals surface area contributed by atoms with Gasteiger partial charge < -0.3 is 4.74 Å². The first-order chi connectivity index (χ1) is 18.3. The van der Waals surface area contributed by atoms with Gasteiger partial charge in [0.2, 0.25) is 23.6 Å². The van der Waals surface area contributed by atoms with Gasteiger partial charge in [0, 0.05) is 23.7 Å². The topological polar surface area (TPSA) is 102 Å². The van der Waals surface area contributed by atoms with Crippen molar-refractivity contribution in [1.82, 2.24) is 10.6 Å². The minimum Gasteiger partial charge on any atom is -0.348 e. The number of fused-ring (bicyclic) bond motifs is 28. The maximum atomic E-state index is 15.5. The molecule has 6 bridgehead atoms. The van der Waals surface area contributed by atoms with E-state index in [-0.39, 0.29) is 12.8 Å². The summed E-state index contributed by atoms with van der Waals surface area (Å²) >= 11 is 0. The van der Waals surface area contributed by atoms with Gasteiger partial charge >= 0.3 is 12.4 Å². The zero-order chi connectivity index (χ0) is 27.1. The molecule has 208 valence electrons. The highest BCUT2D eigenvalue weighted by molar-refractivity contribution is 6.07. The second kappa shape index (κ2) is 5.76. The van der Waals surface area contributed by atoms with Crippen molar-refractivity contribution in [2.75, 3.05) is 0 Å². The number of hydrogen-bond acceptors (Lipinski definition) is 5. The summed E-state index contributed by atoms with van der Waals surface area (Å²) < 4.78 is 98.4. The highest BCUT2D eigenvalue weighted by Gasteiger charge is 2.98. The molecule has 0 aromatic carbocycles. The van der Waals surface area contributed by atoms with E-state index in [4.69, 9.17) is 4.74 Å². The van der Waals surface area contributed by atoms with Crippen LogP contribution in [0.1, 0.15) is 12.8 Å². The SMILES string of the molecule is O=C1NC(=O)[C@@H]2C1C1C3CC(C12)[C@@H]1C3C2(C(F)(F)F)OC1(C(F)(F)F)[C@H]1C3CC(C4C5C(=O)NC(=O)[C@@H]5C43)C12. The van der Waals surface area contributed by atoms with Crippen LogP contribution in [0.4, 0.5) is 26.3 Å². The third-order valence-electron chi connectivity index (χ3n) is 13.9. The van der Waals surface area contributed by atoms with Crippen LogP contribution in [-0.2, 0) is 23.9 Å². The summed E-state index contributed by atoms with van der Waals surface area (Å²) in [6.45, 7) is 0. The molecule has 0 aromatic heterocycles. The molecular formula is C26H22F6N2O5. The van der Waals surface area contributed by atoms with Gasteiger partial charge in [-0.1, -0.05) is 0 Å². The molecule has 4 aliphatic heterocycles. The van der Waals surface area contributed by atoms with Crippen LogP contribution in [0, 0.1) is 94.7 Å². The van der Waals surface area contributed by atoms with Crippen molar-refractivity contribution in [3.63, 3.8) is 0 Å². The normalized spacial score (nSPS) is 63.6. The standard InChI is InChI=1S/C26H22F6N2O5/c27-25(28,29)23-15-3-1-4(8-7(3)11-12(8)20(36)33-19(11)35)16(15)24(39-23,26(30,31)32)18-6-2-5(17(18)23)9-10(6)14-13(9)21(37)34-22(14)38/h3-18H,1-2H2,(H,33,35,36)(H,34,37,38)/t3?,4?,5?,6?,7?,8?,9?,10?,11-,12?,13+,14?,15+,16?,17-,18?,23?,24?. The van der Waals surface area contributed by atoms with E-state index in [0.29, 0.717) is 0 Å². The number of carbonyl (C=O) groups excluding carboxylic acids is 4. The van der Waals surface area contributed by atoms with Gasteiger partial charge in [-0.2, -0.15) is 26.3 Å². The average molecular weight is 556 g/mol. The summed E-state index contributed by atoms with van der Waals surface area (Å²) in [5.41, 5.74) is -6.05. The predicted octanol–water partition coefficient (Wildman–Crippen LogP) is 1.67. The van der Waals surface area contributed by atoms with Crippen molar-refractivity contribution >= 4 is 23.6 Å². The molecular weight excluding hydrogens is 534 g/mol. The minimum atomic E-state index is -5.10. The summed E-state index contributed by atoms with van der Waals surface area (Å²) in [7, 11) is 0. The maximum Gasteiger partial charge on any atom is 0.418 e. The van der Waals surface area contributed by atoms with Crippen molar-refractivity contribution in [1.29, 1.82) is 0 Å². The van der Waals surface area contributed by atoms with Crippen molar-refractivity contribution in [2.24, 2.45) is 94.7 Å². The Kier molecular flexibility index (Phi) is 3.32. The number of ether oxygens (including phenoxy) is 1. The monoisotopic (exact) mass is 556 g/mol. The fourth-order valence-electron chi connectivity index (χ4n) is 13.8. The lowest BCUT2D eigenvalue weighted by Gasteiger charge is -2.62. The molecule has 10 aliphatic rings. The summed E-state index contributed by atoms with van der Waals surface area (Å²) in [6.07, 6.45) is -9.94. The summed E-state index contributed by atoms with van der Waals surface area (Å²) in [5, 5.41) is 4.50. The molecule has 7 nitrogen and oxygen atoms in total. The number of alkyl halides is 6. The first-order valence-corrected chi connectivity index (χ1v) is 13.8. The molecule has 6 aliphatic carbocycles. The number of hydrogen-bond donors (Lipinski definition) is 2. The van der Waals surface area contributed by atoms with Gasteiger partial charge in [0.1, 0.15) is 0 Å². The highest BCUT2D eigenvalue weighted by Crippen LogP contribution is 2.89. The molecule has 10 fully saturated rings. The summed E-state index contributed by atoms with van der Waals surface area (Å²) in [6, 6.07) is 0. The van der Waals surface area contributed by atoms with Gasteiger partial charge in [0.05, 0.1) is 23.7 Å². The number of carbonyl (C=O) groups is 4. The Morgan fingerprint density at radius 3 is 1.03 bits per heavy atom. The fraction of sp³-hybridized carbons (Fsp3) is 0.846. The van der Waals surface area contributed by atoms with Crippen LogP contribution in [-0.4, -0.2) is 47.2 Å². The Morgan fingerprint density at radius 2 is 0.795 bits per heavy atom. The lowest BCUT2D eigenvalue weighted by atomic mass is 9.39. The highest BCUT2D eigenvalue weighted by atomic mass is 19.4. The molecule has 4 heterocycles. The zero-order valence-electron chi connectivity index (χ0n) is 20.0. The first-order valence-electron chi connectivity index (χ1n) is 13.8. The average Bonchev–Trinajstić information content (AvgIpc) is 3.57. The summed E-state index contributed by atoms with van der Waals surface area (Å²) in [4.78, 5) is 50.1. The Balaban J connectivity index is 1.17. The van der Waals surface area contributed by atoms with E-state index in [1.807, 2.05) is 0 Å². The van der Waals surface area contributed by atoms with E-state index in [0.717, 1.165) is 0 Å². The van der Waals surface area contributed by atoms with E-state index in [9.17, 15) is 19.2 Å². The Labute approximate surface area is 216 Å². The van der Waals surface area contributed by atoms with Crippen molar-refractivity contribution < 1.29 is 50.3 Å². The third kappa shape index (κ3) is 1.83. The molecule has 14 unspecified atom stereocenters. The smallest absolute Gasteiger partial charge is 0.348 e. The van der Waals surface area contributed by atoms with Crippen LogP contribution < -0.4 is 10.6 Å². The fourth-order valence-corrected chi connectivity index (χ4v) is 13.8. The van der Waals surface area contributed by atoms with Gasteiger partial charge in [-0.3, -0.25) is 29.8 Å². The molecule has 18 atom stereocenters. The molecule has 39 heavy (non-hydrogen) atoms. The van der Waals surface area contributed by atoms with Crippen molar-refractivity contribution in [3.8, 4) is 0 Å². The molecule has 4 saturated heterocycles. The van der Waals surface area contributed by atoms with Crippen molar-refractivity contribution in [2.45, 2.75) is 36.4 Å². The number of rotatable bonds is 0. The minimum absolute atomic E-state index is 0.130. The van der Waals surface area contributed by atoms with E-state index < -0.39 is 142 Å². The van der Waals surface area contributed by atoms with E-state index in [2.05, 4.69) is 10.6 Å². The van der Waals surface area contributed by atoms with Gasteiger partial charge in [-0.25, -0.2) is 0 Å². The number of imide groups is 2. The Bertz CT molecular complexity index is 1180. The zero-order valence-corrected chi connectivity index (χ0v) is 20.0. The Hall–Kier alpha value is -2.18. The van der Waals surface area contributed by atoms with Crippen LogP contribution in [0.3, 0.4) is 0 Å². The Morgan fingerprint density at radius 1 is 0.538 bits per heavy atom. The molecule has 2 N–H and O–H groups in total. The van der Waals surface area contributed by atoms with Crippen LogP contribution in [0.2, 0.25) is 0 Å². The molecule has 0 spiro atoms. The third-order valence-corrected chi connectivity index (χ3v) is 13.9. The molecule has 0 radical (unpaired) electrons. The van der Waals surface area contributed by atoms with Gasteiger partial charge in [-0.15, -0.1) is 0 Å². The number of halogens is 6. The molecule has 13 heteroatoms. The van der Waals surface area contributed by atoms with E-state index in [1.54, 1.807) is 0 Å². The van der Waals surface area contributed by atoms with Crippen LogP contribution >= 0.6 is 0 Å². The maximum absolute atomic E-state index is 15.5. The molecule has 10 rings (SSSR count). The van der Waals surface area contributed by atoms with Gasteiger partial charge in [0.15, 0.2) is 11.2 Å². The van der Waals surface area contributed by atoms with E-state index >= 15 is 26.3 Å². The second-order valence-electron chi connectivity index (χ2n) is 14.0. The van der Waals surface area contributed by atoms with E-state index in [1.165, 1.54) is 0 Å². The van der Waals surface area contributed by atoms with Crippen LogP contribution in [0.25, 0.3) is 0 Å². The first kappa shape index (κ1) is 22.5. The predicted molar refractivity (Wildman–Crippen MR) is 110 cm³/mol. The van der Waals surface area contributed by atoms with Crippen molar-refractivity contribution in [3.05, 3.63) is 0 Å². The lowest BCUT2D eigenvalue weighted by Crippen LogP contribution is -2.70. The molecule has 0 aromatic rings. The van der Waals surface area contributed by atoms with Crippen LogP contribution in [0.5, 0.6) is 0 Å².